The van der Waals surface area contributed by atoms with Crippen LogP contribution in [0.3, 0.4) is 0 Å². The highest BCUT2D eigenvalue weighted by atomic mass is 19.4. The molecule has 2 nitrogen and oxygen atoms in total. The van der Waals surface area contributed by atoms with Crippen LogP contribution in [0.5, 0.6) is 0 Å². The van der Waals surface area contributed by atoms with Crippen molar-refractivity contribution in [3.63, 3.8) is 0 Å². The number of aromatic nitrogens is 1. The number of alkyl halides is 3. The van der Waals surface area contributed by atoms with Crippen LogP contribution >= 0.6 is 0 Å². The first-order chi connectivity index (χ1) is 8.34. The van der Waals surface area contributed by atoms with Gasteiger partial charge < -0.3 is 4.98 Å². The number of nitrogens with one attached hydrogen (secondary N) is 1. The topological polar surface area (TPSA) is 32.9 Å². The normalized spacial score (nSPS) is 12.3. The second kappa shape index (κ2) is 4.15. The Hall–Kier alpha value is -1.78. The molecule has 1 heterocycles. The summed E-state index contributed by atoms with van der Waals surface area (Å²) in [6, 6.07) is 4.97. The van der Waals surface area contributed by atoms with Crippen molar-refractivity contribution in [3.8, 4) is 0 Å². The van der Waals surface area contributed by atoms with Gasteiger partial charge in [0.05, 0.1) is 5.56 Å². The largest absolute Gasteiger partial charge is 0.431 e. The Bertz CT molecular complexity index is 596. The molecule has 0 aliphatic rings. The molecule has 0 atom stereocenters. The predicted molar refractivity (Wildman–Crippen MR) is 62.8 cm³/mol. The zero-order valence-electron chi connectivity index (χ0n) is 9.93. The highest BCUT2D eigenvalue weighted by Crippen LogP contribution is 2.35. The van der Waals surface area contributed by atoms with Crippen LogP contribution in [0.1, 0.15) is 41.4 Å². The number of benzene rings is 1. The summed E-state index contributed by atoms with van der Waals surface area (Å²) in [7, 11) is 0. The summed E-state index contributed by atoms with van der Waals surface area (Å²) in [6.45, 7) is 3.89. The number of H-pyrrole nitrogens is 1. The van der Waals surface area contributed by atoms with Crippen molar-refractivity contribution < 1.29 is 18.0 Å². The summed E-state index contributed by atoms with van der Waals surface area (Å²) in [4.78, 5) is 13.2. The van der Waals surface area contributed by atoms with E-state index in [4.69, 9.17) is 0 Å². The summed E-state index contributed by atoms with van der Waals surface area (Å²) in [5, 5.41) is 0.323. The number of carbonyl (C=O) groups is 1. The lowest BCUT2D eigenvalue weighted by Gasteiger charge is -2.05. The smallest absolute Gasteiger partial charge is 0.350 e. The Kier molecular flexibility index (Phi) is 2.92. The van der Waals surface area contributed by atoms with Crippen LogP contribution in [0.4, 0.5) is 13.2 Å². The van der Waals surface area contributed by atoms with Crippen LogP contribution in [0.25, 0.3) is 10.9 Å². The molecule has 0 radical (unpaired) electrons. The second-order valence-corrected chi connectivity index (χ2v) is 4.49. The molecule has 96 valence electrons. The minimum absolute atomic E-state index is 0.193. The fraction of sp³-hybridized carbons (Fsp3) is 0.308. The van der Waals surface area contributed by atoms with Gasteiger partial charge in [-0.3, -0.25) is 4.79 Å². The maximum Gasteiger partial charge on any atom is 0.431 e. The highest BCUT2D eigenvalue weighted by molar-refractivity contribution is 5.99. The second-order valence-electron chi connectivity index (χ2n) is 4.49. The fourth-order valence-electron chi connectivity index (χ4n) is 1.94. The van der Waals surface area contributed by atoms with Gasteiger partial charge in [-0.2, -0.15) is 13.2 Å². The minimum Gasteiger partial charge on any atom is -0.350 e. The van der Waals surface area contributed by atoms with Crippen LogP contribution in [0, 0.1) is 0 Å². The van der Waals surface area contributed by atoms with Crippen molar-refractivity contribution >= 4 is 17.2 Å². The number of hydrogen-bond donors (Lipinski definition) is 1. The van der Waals surface area contributed by atoms with E-state index in [0.717, 1.165) is 5.56 Å². The van der Waals surface area contributed by atoms with Gasteiger partial charge in [0.1, 0.15) is 5.69 Å². The average Bonchev–Trinajstić information content (AvgIpc) is 2.65. The van der Waals surface area contributed by atoms with E-state index in [1.807, 2.05) is 13.8 Å². The average molecular weight is 255 g/mol. The van der Waals surface area contributed by atoms with Crippen molar-refractivity contribution in [1.82, 2.24) is 4.98 Å². The minimum atomic E-state index is -4.55. The van der Waals surface area contributed by atoms with E-state index in [1.54, 1.807) is 18.2 Å². The molecule has 0 spiro atoms. The molecule has 0 fully saturated rings. The highest BCUT2D eigenvalue weighted by Gasteiger charge is 2.36. The molecule has 0 bridgehead atoms. The molecular weight excluding hydrogens is 243 g/mol. The molecule has 18 heavy (non-hydrogen) atoms. The third kappa shape index (κ3) is 2.00. The third-order valence-corrected chi connectivity index (χ3v) is 2.93. The van der Waals surface area contributed by atoms with Gasteiger partial charge in [-0.25, -0.2) is 0 Å². The molecule has 1 N–H and O–H groups in total. The molecule has 2 aromatic rings. The summed E-state index contributed by atoms with van der Waals surface area (Å²) < 4.78 is 38.2. The van der Waals surface area contributed by atoms with Gasteiger partial charge in [0.2, 0.25) is 0 Å². The maximum atomic E-state index is 12.7. The van der Waals surface area contributed by atoms with Gasteiger partial charge in [0.15, 0.2) is 6.29 Å². The monoisotopic (exact) mass is 255 g/mol. The lowest BCUT2D eigenvalue weighted by atomic mass is 10.0. The molecular formula is C13H12F3NO. The van der Waals surface area contributed by atoms with Crippen LogP contribution in [0.15, 0.2) is 18.2 Å². The summed E-state index contributed by atoms with van der Waals surface area (Å²) >= 11 is 0. The molecule has 0 saturated carbocycles. The van der Waals surface area contributed by atoms with E-state index < -0.39 is 11.9 Å². The zero-order valence-corrected chi connectivity index (χ0v) is 9.93. The number of rotatable bonds is 2. The number of aldehydes is 1. The maximum absolute atomic E-state index is 12.7. The molecule has 0 unspecified atom stereocenters. The zero-order chi connectivity index (χ0) is 13.5. The summed E-state index contributed by atoms with van der Waals surface area (Å²) in [6.07, 6.45) is -4.29. The first-order valence-electron chi connectivity index (χ1n) is 5.52. The van der Waals surface area contributed by atoms with E-state index >= 15 is 0 Å². The van der Waals surface area contributed by atoms with Gasteiger partial charge in [0, 0.05) is 10.9 Å². The number of carbonyl (C=O) groups excluding carboxylic acids is 1. The Morgan fingerprint density at radius 2 is 1.94 bits per heavy atom. The molecule has 1 aromatic heterocycles. The molecule has 2 rings (SSSR count). The van der Waals surface area contributed by atoms with Crippen LogP contribution < -0.4 is 0 Å². The Morgan fingerprint density at radius 3 is 2.44 bits per heavy atom. The number of aromatic amines is 1. The molecule has 5 heteroatoms. The van der Waals surface area contributed by atoms with Crippen molar-refractivity contribution in [1.29, 1.82) is 0 Å². The van der Waals surface area contributed by atoms with E-state index in [1.165, 1.54) is 0 Å². The van der Waals surface area contributed by atoms with Crippen LogP contribution in [-0.4, -0.2) is 11.3 Å². The first-order valence-corrected chi connectivity index (χ1v) is 5.52. The Balaban J connectivity index is 2.74. The van der Waals surface area contributed by atoms with E-state index in [-0.39, 0.29) is 17.8 Å². The molecule has 1 aromatic carbocycles. The van der Waals surface area contributed by atoms with Gasteiger partial charge in [-0.1, -0.05) is 19.9 Å². The molecule has 0 amide bonds. The van der Waals surface area contributed by atoms with Gasteiger partial charge in [0.25, 0.3) is 0 Å². The number of fused-ring (bicyclic) bond motifs is 1. The van der Waals surface area contributed by atoms with Crippen molar-refractivity contribution in [3.05, 3.63) is 35.0 Å². The number of halogens is 3. The van der Waals surface area contributed by atoms with E-state index in [2.05, 4.69) is 4.98 Å². The molecule has 0 aliphatic carbocycles. The van der Waals surface area contributed by atoms with E-state index in [0.29, 0.717) is 10.9 Å². The van der Waals surface area contributed by atoms with Crippen LogP contribution in [0.2, 0.25) is 0 Å². The summed E-state index contributed by atoms with van der Waals surface area (Å²) in [5.41, 5.74) is -0.0689. The lowest BCUT2D eigenvalue weighted by molar-refractivity contribution is -0.140. The van der Waals surface area contributed by atoms with Gasteiger partial charge in [-0.15, -0.1) is 0 Å². The fourth-order valence-corrected chi connectivity index (χ4v) is 1.94. The Labute approximate surface area is 102 Å². The SMILES string of the molecule is CC(C)c1ccc2[nH]c(C(F)(F)F)c(C=O)c2c1. The predicted octanol–water partition coefficient (Wildman–Crippen LogP) is 4.12. The lowest BCUT2D eigenvalue weighted by Crippen LogP contribution is -2.08. The number of hydrogen-bond acceptors (Lipinski definition) is 1. The van der Waals surface area contributed by atoms with E-state index in [9.17, 15) is 18.0 Å². The quantitative estimate of drug-likeness (QED) is 0.804. The molecule has 0 saturated heterocycles. The first kappa shape index (κ1) is 12.7. The molecule has 0 aliphatic heterocycles. The van der Waals surface area contributed by atoms with Gasteiger partial charge >= 0.3 is 6.18 Å². The van der Waals surface area contributed by atoms with Crippen LogP contribution in [-0.2, 0) is 6.18 Å². The summed E-state index contributed by atoms with van der Waals surface area (Å²) in [5.74, 6) is 0.193. The van der Waals surface area contributed by atoms with Gasteiger partial charge in [-0.05, 0) is 23.6 Å². The third-order valence-electron chi connectivity index (χ3n) is 2.93. The van der Waals surface area contributed by atoms with Crippen molar-refractivity contribution in [2.45, 2.75) is 25.9 Å². The Morgan fingerprint density at radius 1 is 1.28 bits per heavy atom. The van der Waals surface area contributed by atoms with Crippen molar-refractivity contribution in [2.24, 2.45) is 0 Å². The van der Waals surface area contributed by atoms with Crippen molar-refractivity contribution in [2.75, 3.05) is 0 Å². The standard InChI is InChI=1S/C13H12F3NO/c1-7(2)8-3-4-11-9(5-8)10(6-18)12(17-11)13(14,15)16/h3-7,17H,1-2H3.